The lowest BCUT2D eigenvalue weighted by molar-refractivity contribution is 0.867. The third kappa shape index (κ3) is 3.36. The van der Waals surface area contributed by atoms with Crippen molar-refractivity contribution >= 4 is 13.3 Å². The van der Waals surface area contributed by atoms with Gasteiger partial charge in [-0.15, -0.1) is 0 Å². The quantitative estimate of drug-likeness (QED) is 0.685. The van der Waals surface area contributed by atoms with E-state index in [0.29, 0.717) is 5.92 Å². The van der Waals surface area contributed by atoms with Crippen LogP contribution >= 0.6 is 0 Å². The summed E-state index contributed by atoms with van der Waals surface area (Å²) in [6.45, 7) is 11.7. The van der Waals surface area contributed by atoms with Crippen LogP contribution in [-0.4, -0.2) is 8.07 Å². The largest absolute Gasteiger partial charge is 0.0776 e. The SMILES string of the molecule is CC(C)c1ccc(-c2cccc([Si](C)(C)C)c2)cc1. The van der Waals surface area contributed by atoms with Gasteiger partial charge in [0, 0.05) is 0 Å². The molecule has 0 aliphatic heterocycles. The Kier molecular flexibility index (Phi) is 3.95. The summed E-state index contributed by atoms with van der Waals surface area (Å²) >= 11 is 0. The van der Waals surface area contributed by atoms with E-state index in [2.05, 4.69) is 82.0 Å². The van der Waals surface area contributed by atoms with Crippen LogP contribution in [0.25, 0.3) is 11.1 Å². The number of hydrogen-bond acceptors (Lipinski definition) is 0. The van der Waals surface area contributed by atoms with Crippen LogP contribution in [0, 0.1) is 0 Å². The van der Waals surface area contributed by atoms with Gasteiger partial charge >= 0.3 is 0 Å². The molecule has 2 aromatic rings. The van der Waals surface area contributed by atoms with Gasteiger partial charge in [-0.2, -0.15) is 0 Å². The minimum atomic E-state index is -1.23. The molecule has 0 saturated heterocycles. The van der Waals surface area contributed by atoms with E-state index < -0.39 is 8.07 Å². The van der Waals surface area contributed by atoms with E-state index in [4.69, 9.17) is 0 Å². The molecular weight excluding hydrogens is 244 g/mol. The molecule has 0 atom stereocenters. The fourth-order valence-corrected chi connectivity index (χ4v) is 3.41. The van der Waals surface area contributed by atoms with E-state index in [1.165, 1.54) is 21.9 Å². The molecule has 1 heteroatoms. The summed E-state index contributed by atoms with van der Waals surface area (Å²) in [5.41, 5.74) is 4.07. The minimum absolute atomic E-state index is 0.599. The molecule has 0 amide bonds. The van der Waals surface area contributed by atoms with Crippen molar-refractivity contribution in [3.05, 3.63) is 54.1 Å². The second-order valence-electron chi connectivity index (χ2n) is 6.61. The summed E-state index contributed by atoms with van der Waals surface area (Å²) in [7, 11) is -1.23. The van der Waals surface area contributed by atoms with Gasteiger partial charge in [0.1, 0.15) is 0 Å². The summed E-state index contributed by atoms with van der Waals surface area (Å²) in [6.07, 6.45) is 0. The molecule has 0 spiro atoms. The maximum atomic E-state index is 2.40. The van der Waals surface area contributed by atoms with Gasteiger partial charge in [-0.3, -0.25) is 0 Å². The second-order valence-corrected chi connectivity index (χ2v) is 11.7. The van der Waals surface area contributed by atoms with Crippen molar-refractivity contribution in [1.29, 1.82) is 0 Å². The van der Waals surface area contributed by atoms with Crippen molar-refractivity contribution in [3.63, 3.8) is 0 Å². The first-order valence-electron chi connectivity index (χ1n) is 7.09. The lowest BCUT2D eigenvalue weighted by atomic mass is 9.99. The highest BCUT2D eigenvalue weighted by Gasteiger charge is 2.16. The predicted octanol–water partition coefficient (Wildman–Crippen LogP) is 5.02. The zero-order chi connectivity index (χ0) is 14.0. The van der Waals surface area contributed by atoms with Gasteiger partial charge in [-0.05, 0) is 22.6 Å². The van der Waals surface area contributed by atoms with E-state index in [1.54, 1.807) is 0 Å². The third-order valence-corrected chi connectivity index (χ3v) is 5.68. The van der Waals surface area contributed by atoms with Crippen LogP contribution in [0.2, 0.25) is 19.6 Å². The van der Waals surface area contributed by atoms with E-state index >= 15 is 0 Å². The molecule has 2 rings (SSSR count). The smallest absolute Gasteiger partial charge is 0.0656 e. The van der Waals surface area contributed by atoms with E-state index in [-0.39, 0.29) is 0 Å². The van der Waals surface area contributed by atoms with Crippen LogP contribution < -0.4 is 5.19 Å². The Labute approximate surface area is 118 Å². The Bertz CT molecular complexity index is 545. The normalized spacial score (nSPS) is 11.9. The first-order valence-corrected chi connectivity index (χ1v) is 10.6. The monoisotopic (exact) mass is 268 g/mol. The Morgan fingerprint density at radius 1 is 0.789 bits per heavy atom. The van der Waals surface area contributed by atoms with Crippen molar-refractivity contribution in [2.45, 2.75) is 39.4 Å². The van der Waals surface area contributed by atoms with Crippen LogP contribution in [0.4, 0.5) is 0 Å². The maximum Gasteiger partial charge on any atom is 0.0776 e. The molecule has 100 valence electrons. The molecule has 0 unspecified atom stereocenters. The Morgan fingerprint density at radius 3 is 1.95 bits per heavy atom. The second kappa shape index (κ2) is 5.34. The molecule has 0 nitrogen and oxygen atoms in total. The Morgan fingerprint density at radius 2 is 1.42 bits per heavy atom. The highest BCUT2D eigenvalue weighted by atomic mass is 28.3. The van der Waals surface area contributed by atoms with Gasteiger partial charge in [0.15, 0.2) is 0 Å². The van der Waals surface area contributed by atoms with Crippen molar-refractivity contribution in [2.24, 2.45) is 0 Å². The summed E-state index contributed by atoms with van der Waals surface area (Å²) in [4.78, 5) is 0. The molecular formula is C18H24Si. The molecule has 2 aromatic carbocycles. The highest BCUT2D eigenvalue weighted by molar-refractivity contribution is 6.88. The van der Waals surface area contributed by atoms with Crippen LogP contribution in [-0.2, 0) is 0 Å². The standard InChI is InChI=1S/C18H24Si/c1-14(2)15-9-11-16(12-10-15)17-7-6-8-18(13-17)19(3,4)5/h6-14H,1-5H3. The molecule has 0 fully saturated rings. The zero-order valence-corrected chi connectivity index (χ0v) is 13.7. The predicted molar refractivity (Wildman–Crippen MR) is 88.9 cm³/mol. The average molecular weight is 268 g/mol. The summed E-state index contributed by atoms with van der Waals surface area (Å²) in [5, 5.41) is 1.53. The maximum absolute atomic E-state index is 2.40. The summed E-state index contributed by atoms with van der Waals surface area (Å²) in [6, 6.07) is 18.1. The number of hydrogen-bond donors (Lipinski definition) is 0. The van der Waals surface area contributed by atoms with Gasteiger partial charge < -0.3 is 0 Å². The first kappa shape index (κ1) is 14.1. The minimum Gasteiger partial charge on any atom is -0.0656 e. The number of rotatable bonds is 3. The zero-order valence-electron chi connectivity index (χ0n) is 12.7. The Balaban J connectivity index is 2.37. The molecule has 0 aliphatic carbocycles. The average Bonchev–Trinajstić information content (AvgIpc) is 2.38. The first-order chi connectivity index (χ1) is 8.88. The third-order valence-electron chi connectivity index (χ3n) is 3.64. The lowest BCUT2D eigenvalue weighted by Crippen LogP contribution is -2.37. The summed E-state index contributed by atoms with van der Waals surface area (Å²) < 4.78 is 0. The van der Waals surface area contributed by atoms with Crippen LogP contribution in [0.3, 0.4) is 0 Å². The molecule has 19 heavy (non-hydrogen) atoms. The van der Waals surface area contributed by atoms with Crippen LogP contribution in [0.15, 0.2) is 48.5 Å². The molecule has 0 bridgehead atoms. The van der Waals surface area contributed by atoms with Gasteiger partial charge in [0.25, 0.3) is 0 Å². The van der Waals surface area contributed by atoms with Crippen molar-refractivity contribution in [3.8, 4) is 11.1 Å². The fourth-order valence-electron chi connectivity index (χ4n) is 2.23. The van der Waals surface area contributed by atoms with E-state index in [0.717, 1.165) is 0 Å². The molecule has 0 aliphatic rings. The van der Waals surface area contributed by atoms with E-state index in [1.807, 2.05) is 0 Å². The highest BCUT2D eigenvalue weighted by Crippen LogP contribution is 2.22. The summed E-state index contributed by atoms with van der Waals surface area (Å²) in [5.74, 6) is 0.599. The molecule has 0 saturated carbocycles. The molecule has 0 N–H and O–H groups in total. The molecule has 0 heterocycles. The van der Waals surface area contributed by atoms with Crippen molar-refractivity contribution in [1.82, 2.24) is 0 Å². The molecule has 0 aromatic heterocycles. The van der Waals surface area contributed by atoms with Crippen LogP contribution in [0.1, 0.15) is 25.3 Å². The topological polar surface area (TPSA) is 0 Å². The van der Waals surface area contributed by atoms with Gasteiger partial charge in [-0.1, -0.05) is 87.2 Å². The fraction of sp³-hybridized carbons (Fsp3) is 0.333. The number of benzene rings is 2. The Hall–Kier alpha value is -1.34. The molecule has 0 radical (unpaired) electrons. The van der Waals surface area contributed by atoms with Crippen molar-refractivity contribution in [2.75, 3.05) is 0 Å². The van der Waals surface area contributed by atoms with E-state index in [9.17, 15) is 0 Å². The van der Waals surface area contributed by atoms with Crippen molar-refractivity contribution < 1.29 is 0 Å². The van der Waals surface area contributed by atoms with Crippen LogP contribution in [0.5, 0.6) is 0 Å². The van der Waals surface area contributed by atoms with Gasteiger partial charge in [0.05, 0.1) is 8.07 Å². The van der Waals surface area contributed by atoms with Gasteiger partial charge in [-0.25, -0.2) is 0 Å². The lowest BCUT2D eigenvalue weighted by Gasteiger charge is -2.17. The van der Waals surface area contributed by atoms with Gasteiger partial charge in [0.2, 0.25) is 0 Å².